The molecule has 0 aliphatic carbocycles. The summed E-state index contributed by atoms with van der Waals surface area (Å²) in [5.41, 5.74) is 0.804. The van der Waals surface area contributed by atoms with Crippen LogP contribution in [0, 0.1) is 0 Å². The first-order valence-corrected chi connectivity index (χ1v) is 5.56. The summed E-state index contributed by atoms with van der Waals surface area (Å²) >= 11 is 0. The van der Waals surface area contributed by atoms with Crippen molar-refractivity contribution in [3.8, 4) is 11.6 Å². The van der Waals surface area contributed by atoms with Crippen LogP contribution in [0.2, 0.25) is 0 Å². The SMILES string of the molecule is CC(=O)Oc1ccccc1COc1ccccn1. The number of ether oxygens (including phenoxy) is 2. The molecule has 0 unspecified atom stereocenters. The summed E-state index contributed by atoms with van der Waals surface area (Å²) in [6.45, 7) is 1.68. The molecule has 0 bridgehead atoms. The molecule has 0 aliphatic heterocycles. The quantitative estimate of drug-likeness (QED) is 0.611. The molecule has 0 aliphatic rings. The van der Waals surface area contributed by atoms with E-state index < -0.39 is 0 Å². The summed E-state index contributed by atoms with van der Waals surface area (Å²) in [4.78, 5) is 15.0. The van der Waals surface area contributed by atoms with Crippen molar-refractivity contribution in [2.75, 3.05) is 0 Å². The minimum Gasteiger partial charge on any atom is -0.473 e. The van der Waals surface area contributed by atoms with E-state index in [1.54, 1.807) is 18.3 Å². The van der Waals surface area contributed by atoms with Crippen LogP contribution in [-0.2, 0) is 11.4 Å². The topological polar surface area (TPSA) is 48.4 Å². The second-order valence-electron chi connectivity index (χ2n) is 3.66. The fourth-order valence-corrected chi connectivity index (χ4v) is 1.46. The third kappa shape index (κ3) is 3.31. The summed E-state index contributed by atoms with van der Waals surface area (Å²) in [5.74, 6) is 0.705. The molecule has 2 aromatic rings. The van der Waals surface area contributed by atoms with Crippen LogP contribution in [0.25, 0.3) is 0 Å². The maximum Gasteiger partial charge on any atom is 0.308 e. The molecule has 2 rings (SSSR count). The zero-order chi connectivity index (χ0) is 12.8. The van der Waals surface area contributed by atoms with Crippen LogP contribution < -0.4 is 9.47 Å². The second-order valence-corrected chi connectivity index (χ2v) is 3.66. The highest BCUT2D eigenvalue weighted by Gasteiger charge is 2.06. The molecule has 1 aromatic carbocycles. The van der Waals surface area contributed by atoms with Crippen LogP contribution in [0.3, 0.4) is 0 Å². The summed E-state index contributed by atoms with van der Waals surface area (Å²) < 4.78 is 10.6. The maximum atomic E-state index is 11.0. The number of esters is 1. The van der Waals surface area contributed by atoms with Crippen molar-refractivity contribution in [2.45, 2.75) is 13.5 Å². The van der Waals surface area contributed by atoms with E-state index in [0.717, 1.165) is 5.56 Å². The predicted molar refractivity (Wildman–Crippen MR) is 66.3 cm³/mol. The number of hydrogen-bond acceptors (Lipinski definition) is 4. The summed E-state index contributed by atoms with van der Waals surface area (Å²) in [5, 5.41) is 0. The molecule has 0 amide bonds. The molecule has 1 aromatic heterocycles. The number of nitrogens with zero attached hydrogens (tertiary/aromatic N) is 1. The standard InChI is InChI=1S/C14H13NO3/c1-11(16)18-13-7-3-2-6-12(13)10-17-14-8-4-5-9-15-14/h2-9H,10H2,1H3. The van der Waals surface area contributed by atoms with Crippen LogP contribution in [-0.4, -0.2) is 11.0 Å². The molecule has 0 fully saturated rings. The number of hydrogen-bond donors (Lipinski definition) is 0. The van der Waals surface area contributed by atoms with E-state index in [4.69, 9.17) is 9.47 Å². The fraction of sp³-hybridized carbons (Fsp3) is 0.143. The highest BCUT2D eigenvalue weighted by molar-refractivity contribution is 5.69. The van der Waals surface area contributed by atoms with Crippen molar-refractivity contribution in [2.24, 2.45) is 0 Å². The van der Waals surface area contributed by atoms with Gasteiger partial charge in [-0.15, -0.1) is 0 Å². The number of carbonyl (C=O) groups excluding carboxylic acids is 1. The molecule has 18 heavy (non-hydrogen) atoms. The van der Waals surface area contributed by atoms with Gasteiger partial charge in [-0.1, -0.05) is 24.3 Å². The van der Waals surface area contributed by atoms with Crippen molar-refractivity contribution in [1.82, 2.24) is 4.98 Å². The summed E-state index contributed by atoms with van der Waals surface area (Å²) in [7, 11) is 0. The monoisotopic (exact) mass is 243 g/mol. The predicted octanol–water partition coefficient (Wildman–Crippen LogP) is 2.59. The normalized spacial score (nSPS) is 9.83. The van der Waals surface area contributed by atoms with Gasteiger partial charge >= 0.3 is 5.97 Å². The molecule has 92 valence electrons. The Morgan fingerprint density at radius 1 is 1.17 bits per heavy atom. The Hall–Kier alpha value is -2.36. The number of para-hydroxylation sites is 1. The molecule has 0 saturated carbocycles. The van der Waals surface area contributed by atoms with Crippen molar-refractivity contribution < 1.29 is 14.3 Å². The third-order valence-corrected chi connectivity index (χ3v) is 2.24. The molecule has 0 saturated heterocycles. The van der Waals surface area contributed by atoms with Crippen molar-refractivity contribution in [1.29, 1.82) is 0 Å². The van der Waals surface area contributed by atoms with E-state index in [1.807, 2.05) is 30.3 Å². The Balaban J connectivity index is 2.07. The molecule has 1 heterocycles. The zero-order valence-electron chi connectivity index (χ0n) is 10.00. The first-order valence-electron chi connectivity index (χ1n) is 5.56. The van der Waals surface area contributed by atoms with E-state index >= 15 is 0 Å². The fourth-order valence-electron chi connectivity index (χ4n) is 1.46. The van der Waals surface area contributed by atoms with Gasteiger partial charge in [0.2, 0.25) is 5.88 Å². The second kappa shape index (κ2) is 5.82. The first kappa shape index (κ1) is 12.1. The van der Waals surface area contributed by atoms with Crippen LogP contribution >= 0.6 is 0 Å². The minimum absolute atomic E-state index is 0.306. The van der Waals surface area contributed by atoms with Crippen LogP contribution in [0.15, 0.2) is 48.7 Å². The van der Waals surface area contributed by atoms with Gasteiger partial charge in [-0.2, -0.15) is 0 Å². The van der Waals surface area contributed by atoms with Crippen LogP contribution in [0.5, 0.6) is 11.6 Å². The smallest absolute Gasteiger partial charge is 0.308 e. The maximum absolute atomic E-state index is 11.0. The molecule has 0 atom stereocenters. The Morgan fingerprint density at radius 3 is 2.67 bits per heavy atom. The number of aromatic nitrogens is 1. The van der Waals surface area contributed by atoms with Gasteiger partial charge in [0.25, 0.3) is 0 Å². The summed E-state index contributed by atoms with van der Waals surface area (Å²) in [6, 6.07) is 12.7. The largest absolute Gasteiger partial charge is 0.473 e. The molecule has 0 radical (unpaired) electrons. The van der Waals surface area contributed by atoms with Gasteiger partial charge in [0.15, 0.2) is 0 Å². The highest BCUT2D eigenvalue weighted by atomic mass is 16.5. The lowest BCUT2D eigenvalue weighted by Crippen LogP contribution is -2.05. The number of carbonyl (C=O) groups is 1. The average Bonchev–Trinajstić information content (AvgIpc) is 2.38. The Bertz CT molecular complexity index is 526. The van der Waals surface area contributed by atoms with Gasteiger partial charge in [0.05, 0.1) is 0 Å². The number of rotatable bonds is 4. The van der Waals surface area contributed by atoms with Crippen molar-refractivity contribution in [3.63, 3.8) is 0 Å². The third-order valence-electron chi connectivity index (χ3n) is 2.24. The number of pyridine rings is 1. The zero-order valence-corrected chi connectivity index (χ0v) is 10.00. The highest BCUT2D eigenvalue weighted by Crippen LogP contribution is 2.19. The van der Waals surface area contributed by atoms with E-state index in [1.165, 1.54) is 6.92 Å². The van der Waals surface area contributed by atoms with Gasteiger partial charge < -0.3 is 9.47 Å². The van der Waals surface area contributed by atoms with E-state index in [9.17, 15) is 4.79 Å². The van der Waals surface area contributed by atoms with Crippen molar-refractivity contribution in [3.05, 3.63) is 54.2 Å². The van der Waals surface area contributed by atoms with Gasteiger partial charge in [-0.05, 0) is 12.1 Å². The average molecular weight is 243 g/mol. The minimum atomic E-state index is -0.347. The Morgan fingerprint density at radius 2 is 1.94 bits per heavy atom. The lowest BCUT2D eigenvalue weighted by Gasteiger charge is -2.09. The molecule has 4 heteroatoms. The van der Waals surface area contributed by atoms with Gasteiger partial charge in [0.1, 0.15) is 12.4 Å². The Kier molecular flexibility index (Phi) is 3.91. The lowest BCUT2D eigenvalue weighted by molar-refractivity contribution is -0.131. The summed E-state index contributed by atoms with van der Waals surface area (Å²) in [6.07, 6.45) is 1.66. The Labute approximate surface area is 105 Å². The first-order chi connectivity index (χ1) is 8.75. The van der Waals surface area contributed by atoms with E-state index in [2.05, 4.69) is 4.98 Å². The van der Waals surface area contributed by atoms with Gasteiger partial charge in [-0.25, -0.2) is 4.98 Å². The van der Waals surface area contributed by atoms with Gasteiger partial charge in [-0.3, -0.25) is 4.79 Å². The number of benzene rings is 1. The molecule has 0 spiro atoms. The van der Waals surface area contributed by atoms with Crippen LogP contribution in [0.4, 0.5) is 0 Å². The molecule has 0 N–H and O–H groups in total. The van der Waals surface area contributed by atoms with Crippen LogP contribution in [0.1, 0.15) is 12.5 Å². The molecular formula is C14H13NO3. The van der Waals surface area contributed by atoms with E-state index in [0.29, 0.717) is 18.2 Å². The lowest BCUT2D eigenvalue weighted by atomic mass is 10.2. The molecule has 4 nitrogen and oxygen atoms in total. The molecular weight excluding hydrogens is 230 g/mol. The van der Waals surface area contributed by atoms with Crippen molar-refractivity contribution >= 4 is 5.97 Å². The van der Waals surface area contributed by atoms with Gasteiger partial charge in [0, 0.05) is 24.8 Å². The van der Waals surface area contributed by atoms with E-state index in [-0.39, 0.29) is 5.97 Å².